The molecule has 0 heterocycles. The molecule has 3 rings (SSSR count). The molecule has 0 aliphatic carbocycles. The first-order valence-corrected chi connectivity index (χ1v) is 15.4. The number of hydrogen-bond acceptors (Lipinski definition) is 5. The van der Waals surface area contributed by atoms with Gasteiger partial charge in [-0.1, -0.05) is 82.0 Å². The number of esters is 1. The zero-order chi connectivity index (χ0) is 30.0. The Morgan fingerprint density at radius 1 is 0.571 bits per heavy atom. The van der Waals surface area contributed by atoms with Crippen LogP contribution in [0.4, 0.5) is 0 Å². The fraction of sp³-hybridized carbons (Fsp3) is 0.405. The normalized spacial score (nSPS) is 10.7. The Morgan fingerprint density at radius 3 is 1.48 bits per heavy atom. The summed E-state index contributed by atoms with van der Waals surface area (Å²) in [5, 5.41) is 0. The standard InChI is InChI=1S/C37H46O5/c1-4-5-6-7-8-11-26-41-35-24-20-33(21-25-35)36(38)32-16-14-30(15-17-32)31-18-22-34(23-19-31)40-27-12-9-10-13-28-42-37(39)29(2)3/h14-25H,2,4-13,26-28H2,1,3H3. The van der Waals surface area contributed by atoms with Gasteiger partial charge in [0, 0.05) is 16.7 Å². The molecular weight excluding hydrogens is 524 g/mol. The fourth-order valence-electron chi connectivity index (χ4n) is 4.54. The van der Waals surface area contributed by atoms with Crippen molar-refractivity contribution >= 4 is 11.8 Å². The summed E-state index contributed by atoms with van der Waals surface area (Å²) >= 11 is 0. The minimum absolute atomic E-state index is 0.000600. The summed E-state index contributed by atoms with van der Waals surface area (Å²) in [4.78, 5) is 24.4. The molecule has 0 saturated heterocycles. The number of carbonyl (C=O) groups excluding carboxylic acids is 2. The number of carbonyl (C=O) groups is 2. The van der Waals surface area contributed by atoms with Crippen LogP contribution in [0.15, 0.2) is 84.9 Å². The molecule has 3 aromatic carbocycles. The molecule has 5 heteroatoms. The molecule has 42 heavy (non-hydrogen) atoms. The smallest absolute Gasteiger partial charge is 0.333 e. The predicted molar refractivity (Wildman–Crippen MR) is 170 cm³/mol. The molecule has 5 nitrogen and oxygen atoms in total. The number of ether oxygens (including phenoxy) is 3. The molecule has 0 spiro atoms. The third kappa shape index (κ3) is 11.6. The molecule has 224 valence electrons. The van der Waals surface area contributed by atoms with Gasteiger partial charge in [-0.25, -0.2) is 4.79 Å². The van der Waals surface area contributed by atoms with Gasteiger partial charge < -0.3 is 14.2 Å². The number of ketones is 1. The molecule has 0 bridgehead atoms. The van der Waals surface area contributed by atoms with E-state index in [0.717, 1.165) is 54.7 Å². The second kappa shape index (κ2) is 18.5. The van der Waals surface area contributed by atoms with Gasteiger partial charge in [0.2, 0.25) is 0 Å². The van der Waals surface area contributed by atoms with Crippen LogP contribution in [0.5, 0.6) is 11.5 Å². The van der Waals surface area contributed by atoms with Gasteiger partial charge in [-0.05, 0) is 86.6 Å². The summed E-state index contributed by atoms with van der Waals surface area (Å²) in [5.41, 5.74) is 3.86. The lowest BCUT2D eigenvalue weighted by Gasteiger charge is -2.09. The lowest BCUT2D eigenvalue weighted by atomic mass is 9.99. The number of rotatable bonds is 20. The number of hydrogen-bond donors (Lipinski definition) is 0. The number of benzene rings is 3. The Balaban J connectivity index is 1.37. The van der Waals surface area contributed by atoms with Crippen LogP contribution in [0.1, 0.15) is 94.0 Å². The van der Waals surface area contributed by atoms with Crippen molar-refractivity contribution < 1.29 is 23.8 Å². The average molecular weight is 571 g/mol. The topological polar surface area (TPSA) is 61.8 Å². The summed E-state index contributed by atoms with van der Waals surface area (Å²) in [6.45, 7) is 9.25. The highest BCUT2D eigenvalue weighted by molar-refractivity contribution is 6.09. The maximum atomic E-state index is 13.0. The van der Waals surface area contributed by atoms with Gasteiger partial charge in [-0.2, -0.15) is 0 Å². The van der Waals surface area contributed by atoms with Crippen LogP contribution in [0.25, 0.3) is 11.1 Å². The van der Waals surface area contributed by atoms with Crippen LogP contribution in [0.2, 0.25) is 0 Å². The van der Waals surface area contributed by atoms with Crippen LogP contribution in [-0.4, -0.2) is 31.6 Å². The van der Waals surface area contributed by atoms with Crippen LogP contribution < -0.4 is 9.47 Å². The van der Waals surface area contributed by atoms with Crippen molar-refractivity contribution in [3.63, 3.8) is 0 Å². The van der Waals surface area contributed by atoms with E-state index in [0.29, 0.717) is 36.5 Å². The van der Waals surface area contributed by atoms with Crippen LogP contribution in [-0.2, 0) is 9.53 Å². The van der Waals surface area contributed by atoms with Gasteiger partial charge in [0.15, 0.2) is 5.78 Å². The van der Waals surface area contributed by atoms with Crippen LogP contribution >= 0.6 is 0 Å². The van der Waals surface area contributed by atoms with Crippen molar-refractivity contribution in [2.45, 2.75) is 78.1 Å². The minimum Gasteiger partial charge on any atom is -0.494 e. The third-order valence-corrected chi connectivity index (χ3v) is 7.11. The first kappa shape index (κ1) is 32.7. The Kier molecular flexibility index (Phi) is 14.4. The first-order valence-electron chi connectivity index (χ1n) is 15.4. The Labute approximate surface area is 251 Å². The Hall–Kier alpha value is -3.86. The Morgan fingerprint density at radius 2 is 0.976 bits per heavy atom. The van der Waals surface area contributed by atoms with E-state index in [1.54, 1.807) is 6.92 Å². The predicted octanol–water partition coefficient (Wildman–Crippen LogP) is 9.38. The van der Waals surface area contributed by atoms with Gasteiger partial charge in [-0.15, -0.1) is 0 Å². The fourth-order valence-corrected chi connectivity index (χ4v) is 4.54. The molecule has 0 amide bonds. The van der Waals surface area contributed by atoms with Crippen molar-refractivity contribution in [1.29, 1.82) is 0 Å². The van der Waals surface area contributed by atoms with Gasteiger partial charge in [-0.3, -0.25) is 4.79 Å². The zero-order valence-corrected chi connectivity index (χ0v) is 25.4. The van der Waals surface area contributed by atoms with Gasteiger partial charge >= 0.3 is 5.97 Å². The van der Waals surface area contributed by atoms with Gasteiger partial charge in [0.25, 0.3) is 0 Å². The highest BCUT2D eigenvalue weighted by Gasteiger charge is 2.10. The summed E-state index contributed by atoms with van der Waals surface area (Å²) < 4.78 is 16.8. The largest absolute Gasteiger partial charge is 0.494 e. The van der Waals surface area contributed by atoms with Gasteiger partial charge in [0.05, 0.1) is 19.8 Å². The lowest BCUT2D eigenvalue weighted by molar-refractivity contribution is -0.139. The van der Waals surface area contributed by atoms with Crippen molar-refractivity contribution in [3.8, 4) is 22.6 Å². The molecule has 0 aliphatic rings. The van der Waals surface area contributed by atoms with E-state index >= 15 is 0 Å². The van der Waals surface area contributed by atoms with Crippen molar-refractivity contribution in [2.24, 2.45) is 0 Å². The lowest BCUT2D eigenvalue weighted by Crippen LogP contribution is -2.06. The molecule has 0 N–H and O–H groups in total. The first-order chi connectivity index (χ1) is 20.5. The van der Waals surface area contributed by atoms with Crippen molar-refractivity contribution in [1.82, 2.24) is 0 Å². The molecule has 0 fully saturated rings. The maximum absolute atomic E-state index is 13.0. The van der Waals surface area contributed by atoms with Gasteiger partial charge in [0.1, 0.15) is 11.5 Å². The molecule has 0 atom stereocenters. The molecule has 0 aliphatic heterocycles. The van der Waals surface area contributed by atoms with Crippen molar-refractivity contribution in [2.75, 3.05) is 19.8 Å². The molecule has 0 aromatic heterocycles. The van der Waals surface area contributed by atoms with E-state index in [9.17, 15) is 9.59 Å². The van der Waals surface area contributed by atoms with E-state index in [4.69, 9.17) is 14.2 Å². The quantitative estimate of drug-likeness (QED) is 0.0586. The molecule has 0 radical (unpaired) electrons. The van der Waals surface area contributed by atoms with E-state index in [-0.39, 0.29) is 11.8 Å². The number of unbranched alkanes of at least 4 members (excludes halogenated alkanes) is 8. The van der Waals surface area contributed by atoms with E-state index < -0.39 is 0 Å². The third-order valence-electron chi connectivity index (χ3n) is 7.11. The average Bonchev–Trinajstić information content (AvgIpc) is 3.02. The Bertz CT molecular complexity index is 1230. The maximum Gasteiger partial charge on any atom is 0.333 e. The van der Waals surface area contributed by atoms with E-state index in [1.807, 2.05) is 72.8 Å². The van der Waals surface area contributed by atoms with Crippen LogP contribution in [0.3, 0.4) is 0 Å². The summed E-state index contributed by atoms with van der Waals surface area (Å²) in [6.07, 6.45) is 11.2. The van der Waals surface area contributed by atoms with Crippen LogP contribution in [0, 0.1) is 0 Å². The molecule has 3 aromatic rings. The minimum atomic E-state index is -0.322. The molecule has 0 saturated carbocycles. The summed E-state index contributed by atoms with van der Waals surface area (Å²) in [6, 6.07) is 23.2. The molecule has 0 unspecified atom stereocenters. The molecular formula is C37H46O5. The van der Waals surface area contributed by atoms with E-state index in [2.05, 4.69) is 13.5 Å². The summed E-state index contributed by atoms with van der Waals surface area (Å²) in [7, 11) is 0. The summed E-state index contributed by atoms with van der Waals surface area (Å²) in [5.74, 6) is 1.32. The second-order valence-corrected chi connectivity index (χ2v) is 10.8. The highest BCUT2D eigenvalue weighted by Crippen LogP contribution is 2.24. The second-order valence-electron chi connectivity index (χ2n) is 10.8. The SMILES string of the molecule is C=C(C)C(=O)OCCCCCCOc1ccc(-c2ccc(C(=O)c3ccc(OCCCCCCCC)cc3)cc2)cc1. The highest BCUT2D eigenvalue weighted by atomic mass is 16.5. The zero-order valence-electron chi connectivity index (χ0n) is 25.4. The van der Waals surface area contributed by atoms with Crippen molar-refractivity contribution in [3.05, 3.63) is 96.1 Å². The monoisotopic (exact) mass is 570 g/mol. The van der Waals surface area contributed by atoms with E-state index in [1.165, 1.54) is 32.1 Å².